The first kappa shape index (κ1) is 25.3. The molecule has 12 nitrogen and oxygen atoms in total. The molecule has 5 N–H and O–H groups in total. The Bertz CT molecular complexity index is 1120. The molecule has 0 unspecified atom stereocenters. The number of amides is 2. The van der Waals surface area contributed by atoms with Gasteiger partial charge in [-0.05, 0) is 45.2 Å². The molecule has 0 aliphatic carbocycles. The molecule has 2 fully saturated rings. The molecule has 36 heavy (non-hydrogen) atoms. The van der Waals surface area contributed by atoms with Gasteiger partial charge in [0.25, 0.3) is 11.8 Å². The fourth-order valence-corrected chi connectivity index (χ4v) is 4.45. The Balaban J connectivity index is 1.50. The van der Waals surface area contributed by atoms with Gasteiger partial charge in [0.15, 0.2) is 0 Å². The highest BCUT2D eigenvalue weighted by molar-refractivity contribution is 6.04. The van der Waals surface area contributed by atoms with Crippen molar-refractivity contribution < 1.29 is 14.7 Å². The zero-order valence-electron chi connectivity index (χ0n) is 20.7. The maximum atomic E-state index is 12.3. The van der Waals surface area contributed by atoms with Gasteiger partial charge in [0.05, 0.1) is 11.9 Å². The highest BCUT2D eigenvalue weighted by atomic mass is 16.3. The maximum Gasteiger partial charge on any atom is 0.254 e. The number of nitrogens with two attached hydrogens (primary N) is 1. The molecule has 192 valence electrons. The van der Waals surface area contributed by atoms with Gasteiger partial charge in [-0.25, -0.2) is 9.97 Å². The molecule has 0 radical (unpaired) electrons. The number of rotatable bonds is 7. The number of hydrogen-bond acceptors (Lipinski definition) is 10. The van der Waals surface area contributed by atoms with E-state index in [1.165, 1.54) is 13.8 Å². The Kier molecular flexibility index (Phi) is 7.34. The van der Waals surface area contributed by atoms with Crippen molar-refractivity contribution in [3.63, 3.8) is 0 Å². The number of nitrogens with one attached hydrogen (secondary N) is 2. The lowest BCUT2D eigenvalue weighted by molar-refractivity contribution is -0.148. The van der Waals surface area contributed by atoms with Gasteiger partial charge in [0, 0.05) is 45.5 Å². The third-order valence-corrected chi connectivity index (χ3v) is 6.37. The van der Waals surface area contributed by atoms with E-state index in [0.29, 0.717) is 37.8 Å². The van der Waals surface area contributed by atoms with Crippen LogP contribution in [-0.2, 0) is 4.79 Å². The van der Waals surface area contributed by atoms with Crippen LogP contribution in [0.3, 0.4) is 0 Å². The molecule has 0 saturated carbocycles. The van der Waals surface area contributed by atoms with E-state index in [2.05, 4.69) is 30.1 Å². The van der Waals surface area contributed by atoms with E-state index in [1.54, 1.807) is 11.1 Å². The predicted molar refractivity (Wildman–Crippen MR) is 137 cm³/mol. The summed E-state index contributed by atoms with van der Waals surface area (Å²) in [6, 6.07) is 3.68. The molecule has 0 bridgehead atoms. The molecule has 2 amide bonds. The van der Waals surface area contributed by atoms with E-state index >= 15 is 0 Å². The maximum absolute atomic E-state index is 12.3. The molecular weight excluding hydrogens is 462 g/mol. The van der Waals surface area contributed by atoms with Crippen LogP contribution in [0.1, 0.15) is 49.2 Å². The molecule has 0 atom stereocenters. The van der Waals surface area contributed by atoms with E-state index in [-0.39, 0.29) is 23.0 Å². The van der Waals surface area contributed by atoms with Crippen molar-refractivity contribution in [2.24, 2.45) is 5.73 Å². The zero-order valence-corrected chi connectivity index (χ0v) is 20.7. The molecule has 4 heterocycles. The first-order valence-electron chi connectivity index (χ1n) is 12.1. The van der Waals surface area contributed by atoms with Crippen LogP contribution in [0, 0.1) is 5.41 Å². The smallest absolute Gasteiger partial charge is 0.254 e. The summed E-state index contributed by atoms with van der Waals surface area (Å²) in [6.45, 7) is 6.82. The molecule has 4 rings (SSSR count). The van der Waals surface area contributed by atoms with Crippen LogP contribution in [0.15, 0.2) is 18.3 Å². The Morgan fingerprint density at radius 3 is 2.31 bits per heavy atom. The molecule has 0 aromatic carbocycles. The molecular formula is C24H33N9O3. The lowest BCUT2D eigenvalue weighted by Gasteiger charge is -2.37. The minimum Gasteiger partial charge on any atom is -0.381 e. The first-order chi connectivity index (χ1) is 17.2. The lowest BCUT2D eigenvalue weighted by atomic mass is 10.1. The van der Waals surface area contributed by atoms with Crippen molar-refractivity contribution in [3.8, 4) is 0 Å². The van der Waals surface area contributed by atoms with Crippen LogP contribution < -0.4 is 20.9 Å². The van der Waals surface area contributed by atoms with Crippen molar-refractivity contribution in [1.82, 2.24) is 19.9 Å². The monoisotopic (exact) mass is 495 g/mol. The Labute approximate surface area is 210 Å². The summed E-state index contributed by atoms with van der Waals surface area (Å²) < 4.78 is 0. The van der Waals surface area contributed by atoms with Gasteiger partial charge in [0.2, 0.25) is 5.95 Å². The number of carbonyl (C=O) groups is 2. The van der Waals surface area contributed by atoms with Gasteiger partial charge in [-0.15, -0.1) is 0 Å². The minimum atomic E-state index is -1.38. The summed E-state index contributed by atoms with van der Waals surface area (Å²) in [5, 5.41) is 20.9. The average molecular weight is 496 g/mol. The minimum absolute atomic E-state index is 0.0578. The summed E-state index contributed by atoms with van der Waals surface area (Å²) in [5.74, 6) is 0.457. The number of aliphatic hydroxyl groups is 1. The van der Waals surface area contributed by atoms with Crippen LogP contribution in [0.5, 0.6) is 0 Å². The number of piperidine rings is 1. The number of primary amides is 1. The molecule has 0 spiro atoms. The fraction of sp³-hybridized carbons (Fsp3) is 0.500. The molecule has 2 aliphatic heterocycles. The van der Waals surface area contributed by atoms with Gasteiger partial charge >= 0.3 is 0 Å². The summed E-state index contributed by atoms with van der Waals surface area (Å²) in [4.78, 5) is 43.8. The van der Waals surface area contributed by atoms with E-state index in [4.69, 9.17) is 11.1 Å². The summed E-state index contributed by atoms with van der Waals surface area (Å²) in [6.07, 6.45) is 5.89. The third-order valence-electron chi connectivity index (χ3n) is 6.37. The van der Waals surface area contributed by atoms with Crippen LogP contribution in [0.2, 0.25) is 0 Å². The van der Waals surface area contributed by atoms with Crippen LogP contribution >= 0.6 is 0 Å². The van der Waals surface area contributed by atoms with Gasteiger partial charge < -0.3 is 36.3 Å². The highest BCUT2D eigenvalue weighted by Gasteiger charge is 2.31. The van der Waals surface area contributed by atoms with E-state index < -0.39 is 11.5 Å². The SMILES string of the molecule is CC(C)(O)C(=O)N1CCN(c2ccc(Nc3nc(N4CCCCC4)nc(C=N)c3C(N)=O)cn2)CC1. The van der Waals surface area contributed by atoms with E-state index in [0.717, 1.165) is 44.4 Å². The van der Waals surface area contributed by atoms with Crippen molar-refractivity contribution in [2.45, 2.75) is 38.7 Å². The first-order valence-corrected chi connectivity index (χ1v) is 12.1. The second kappa shape index (κ2) is 10.4. The summed E-state index contributed by atoms with van der Waals surface area (Å²) in [7, 11) is 0. The molecule has 12 heteroatoms. The Hall–Kier alpha value is -3.80. The van der Waals surface area contributed by atoms with Crippen LogP contribution in [-0.4, -0.2) is 87.9 Å². The summed E-state index contributed by atoms with van der Waals surface area (Å²) >= 11 is 0. The number of carbonyl (C=O) groups excluding carboxylic acids is 2. The third kappa shape index (κ3) is 5.54. The summed E-state index contributed by atoms with van der Waals surface area (Å²) in [5.41, 5.74) is 5.06. The number of hydrogen-bond donors (Lipinski definition) is 4. The quantitative estimate of drug-likeness (QED) is 0.412. The second-order valence-corrected chi connectivity index (χ2v) is 9.56. The standard InChI is InChI=1S/C24H33N9O3/c1-24(2,36)22(35)32-12-10-31(11-13-32)18-7-6-16(15-27-18)28-21-19(20(26)34)17(14-25)29-23(30-21)33-8-4-3-5-9-33/h6-7,14-15,25,36H,3-5,8-13H2,1-2H3,(H2,26,34)(H,28,29,30). The number of piperazine rings is 1. The molecule has 2 aromatic rings. The van der Waals surface area contributed by atoms with Gasteiger partial charge in [-0.2, -0.15) is 4.98 Å². The lowest BCUT2D eigenvalue weighted by Crippen LogP contribution is -2.54. The average Bonchev–Trinajstić information content (AvgIpc) is 2.88. The Morgan fingerprint density at radius 1 is 1.06 bits per heavy atom. The molecule has 2 aromatic heterocycles. The number of anilines is 4. The Morgan fingerprint density at radius 2 is 1.75 bits per heavy atom. The second-order valence-electron chi connectivity index (χ2n) is 9.56. The number of aromatic nitrogens is 3. The van der Waals surface area contributed by atoms with E-state index in [9.17, 15) is 14.7 Å². The van der Waals surface area contributed by atoms with Gasteiger partial charge in [-0.3, -0.25) is 9.59 Å². The van der Waals surface area contributed by atoms with E-state index in [1.807, 2.05) is 12.1 Å². The zero-order chi connectivity index (χ0) is 25.9. The molecule has 2 saturated heterocycles. The topological polar surface area (TPSA) is 165 Å². The molecule has 2 aliphatic rings. The number of pyridine rings is 1. The normalized spacial score (nSPS) is 16.6. The largest absolute Gasteiger partial charge is 0.381 e. The van der Waals surface area contributed by atoms with Crippen molar-refractivity contribution in [1.29, 1.82) is 5.41 Å². The highest BCUT2D eigenvalue weighted by Crippen LogP contribution is 2.26. The van der Waals surface area contributed by atoms with Gasteiger partial charge in [0.1, 0.15) is 28.5 Å². The van der Waals surface area contributed by atoms with Crippen molar-refractivity contribution >= 4 is 41.3 Å². The van der Waals surface area contributed by atoms with Crippen molar-refractivity contribution in [3.05, 3.63) is 29.6 Å². The van der Waals surface area contributed by atoms with Gasteiger partial charge in [-0.1, -0.05) is 0 Å². The predicted octanol–water partition coefficient (Wildman–Crippen LogP) is 1.12. The van der Waals surface area contributed by atoms with Crippen LogP contribution in [0.25, 0.3) is 0 Å². The van der Waals surface area contributed by atoms with Crippen LogP contribution in [0.4, 0.5) is 23.3 Å². The number of nitrogens with zero attached hydrogens (tertiary/aromatic N) is 6. The fourth-order valence-electron chi connectivity index (χ4n) is 4.45. The van der Waals surface area contributed by atoms with Crippen molar-refractivity contribution in [2.75, 3.05) is 54.4 Å².